The van der Waals surface area contributed by atoms with E-state index in [0.29, 0.717) is 11.3 Å². The molecule has 0 aliphatic carbocycles. The summed E-state index contributed by atoms with van der Waals surface area (Å²) in [5.74, 6) is 0.155. The molecule has 0 saturated carbocycles. The molecule has 0 spiro atoms. The van der Waals surface area contributed by atoms with Gasteiger partial charge < -0.3 is 8.92 Å². The first-order valence-corrected chi connectivity index (χ1v) is 8.74. The molecule has 3 rings (SSSR count). The lowest BCUT2D eigenvalue weighted by Crippen LogP contribution is -2.34. The zero-order valence-corrected chi connectivity index (χ0v) is 14.3. The Labute approximate surface area is 140 Å². The third-order valence-electron chi connectivity index (χ3n) is 3.74. The van der Waals surface area contributed by atoms with E-state index in [1.807, 2.05) is 6.92 Å². The maximum absolute atomic E-state index is 12.4. The number of aryl methyl sites for hydroxylation is 1. The number of benzene rings is 2. The van der Waals surface area contributed by atoms with E-state index in [4.69, 9.17) is 8.92 Å². The van der Waals surface area contributed by atoms with Gasteiger partial charge in [-0.3, -0.25) is 5.32 Å². The number of rotatable bonds is 3. The number of anilines is 1. The Morgan fingerprint density at radius 3 is 2.42 bits per heavy atom. The Balaban J connectivity index is 1.94. The van der Waals surface area contributed by atoms with Crippen molar-refractivity contribution in [3.63, 3.8) is 0 Å². The third-order valence-corrected chi connectivity index (χ3v) is 5.00. The highest BCUT2D eigenvalue weighted by atomic mass is 32.2. The number of ether oxygens (including phenoxy) is 1. The van der Waals surface area contributed by atoms with Crippen LogP contribution in [-0.4, -0.2) is 14.5 Å². The van der Waals surface area contributed by atoms with E-state index >= 15 is 0 Å². The van der Waals surface area contributed by atoms with Gasteiger partial charge in [-0.05, 0) is 51.1 Å². The summed E-state index contributed by atoms with van der Waals surface area (Å²) in [4.78, 5) is 11.6. The van der Waals surface area contributed by atoms with Gasteiger partial charge in [0, 0.05) is 5.56 Å². The molecule has 1 heterocycles. The van der Waals surface area contributed by atoms with Crippen LogP contribution in [0.1, 0.15) is 25.0 Å². The highest BCUT2D eigenvalue weighted by Gasteiger charge is 2.34. The molecule has 0 aromatic heterocycles. The Morgan fingerprint density at radius 1 is 1.08 bits per heavy atom. The molecule has 126 valence electrons. The Hall–Kier alpha value is -2.54. The zero-order valence-electron chi connectivity index (χ0n) is 13.5. The minimum absolute atomic E-state index is 0.0784. The first-order chi connectivity index (χ1) is 11.2. The predicted molar refractivity (Wildman–Crippen MR) is 88.6 cm³/mol. The van der Waals surface area contributed by atoms with Crippen LogP contribution < -0.4 is 9.50 Å². The highest BCUT2D eigenvalue weighted by molar-refractivity contribution is 7.87. The predicted octanol–water partition coefficient (Wildman–Crippen LogP) is 3.56. The van der Waals surface area contributed by atoms with E-state index in [-0.39, 0.29) is 10.6 Å². The summed E-state index contributed by atoms with van der Waals surface area (Å²) in [7, 11) is -3.93. The quantitative estimate of drug-likeness (QED) is 0.859. The maximum Gasteiger partial charge on any atom is 0.412 e. The number of carbonyl (C=O) groups is 1. The van der Waals surface area contributed by atoms with Gasteiger partial charge in [0.2, 0.25) is 0 Å². The summed E-state index contributed by atoms with van der Waals surface area (Å²) in [6, 6.07) is 11.0. The minimum Gasteiger partial charge on any atom is -0.438 e. The van der Waals surface area contributed by atoms with E-state index < -0.39 is 21.8 Å². The monoisotopic (exact) mass is 347 g/mol. The van der Waals surface area contributed by atoms with Crippen molar-refractivity contribution >= 4 is 21.9 Å². The van der Waals surface area contributed by atoms with Crippen LogP contribution in [-0.2, 0) is 20.5 Å². The first-order valence-electron chi connectivity index (χ1n) is 7.33. The van der Waals surface area contributed by atoms with Crippen molar-refractivity contribution in [3.8, 4) is 5.75 Å². The van der Waals surface area contributed by atoms with E-state index in [0.717, 1.165) is 5.56 Å². The van der Waals surface area contributed by atoms with E-state index in [1.165, 1.54) is 18.2 Å². The summed E-state index contributed by atoms with van der Waals surface area (Å²) in [6.45, 7) is 5.32. The van der Waals surface area contributed by atoms with Crippen LogP contribution in [0, 0.1) is 6.92 Å². The molecule has 1 N–H and O–H groups in total. The second-order valence-corrected chi connectivity index (χ2v) is 7.63. The lowest BCUT2D eigenvalue weighted by Gasteiger charge is -2.32. The van der Waals surface area contributed by atoms with Gasteiger partial charge in [0.25, 0.3) is 0 Å². The normalized spacial score (nSPS) is 15.9. The smallest absolute Gasteiger partial charge is 0.412 e. The molecule has 7 heteroatoms. The molecule has 0 fully saturated rings. The molecule has 0 unspecified atom stereocenters. The molecular formula is C17H17NO5S. The fraction of sp³-hybridized carbons (Fsp3) is 0.235. The molecule has 2 aromatic rings. The van der Waals surface area contributed by atoms with Crippen LogP contribution >= 0.6 is 0 Å². The average Bonchev–Trinajstić information content (AvgIpc) is 2.47. The molecule has 0 saturated heterocycles. The highest BCUT2D eigenvalue weighted by Crippen LogP contribution is 2.38. The summed E-state index contributed by atoms with van der Waals surface area (Å²) >= 11 is 0. The molecule has 2 aromatic carbocycles. The number of cyclic esters (lactones) is 1. The third kappa shape index (κ3) is 3.07. The molecule has 0 atom stereocenters. The van der Waals surface area contributed by atoms with Gasteiger partial charge in [-0.2, -0.15) is 8.42 Å². The van der Waals surface area contributed by atoms with Crippen molar-refractivity contribution in [2.45, 2.75) is 31.3 Å². The Bertz CT molecular complexity index is 901. The summed E-state index contributed by atoms with van der Waals surface area (Å²) in [5.41, 5.74) is 1.28. The van der Waals surface area contributed by atoms with Crippen LogP contribution in [0.25, 0.3) is 0 Å². The Kier molecular flexibility index (Phi) is 3.76. The second-order valence-electron chi connectivity index (χ2n) is 6.08. The standard InChI is InChI=1S/C17H17NO5S/c1-11-4-7-13(8-5-11)24(20,21)23-12-6-9-15-14(10-12)17(2,3)22-16(19)18-15/h4-10H,1-3H3,(H,18,19). The number of amides is 1. The van der Waals surface area contributed by atoms with E-state index in [2.05, 4.69) is 5.32 Å². The van der Waals surface area contributed by atoms with Crippen LogP contribution in [0.4, 0.5) is 10.5 Å². The average molecular weight is 347 g/mol. The van der Waals surface area contributed by atoms with Gasteiger partial charge in [0.1, 0.15) is 16.2 Å². The molecule has 0 bridgehead atoms. The van der Waals surface area contributed by atoms with Gasteiger partial charge in [-0.25, -0.2) is 4.79 Å². The van der Waals surface area contributed by atoms with Crippen LogP contribution in [0.15, 0.2) is 47.4 Å². The van der Waals surface area contributed by atoms with Gasteiger partial charge in [-0.15, -0.1) is 0 Å². The van der Waals surface area contributed by atoms with Crippen molar-refractivity contribution in [1.82, 2.24) is 0 Å². The Morgan fingerprint density at radius 2 is 1.75 bits per heavy atom. The van der Waals surface area contributed by atoms with Crippen LogP contribution in [0.2, 0.25) is 0 Å². The van der Waals surface area contributed by atoms with Crippen molar-refractivity contribution in [1.29, 1.82) is 0 Å². The lowest BCUT2D eigenvalue weighted by molar-refractivity contribution is 0.0419. The largest absolute Gasteiger partial charge is 0.438 e. The molecule has 1 amide bonds. The van der Waals surface area contributed by atoms with Crippen LogP contribution in [0.5, 0.6) is 5.75 Å². The van der Waals surface area contributed by atoms with Gasteiger partial charge in [-0.1, -0.05) is 17.7 Å². The lowest BCUT2D eigenvalue weighted by atomic mass is 9.95. The fourth-order valence-electron chi connectivity index (χ4n) is 2.48. The topological polar surface area (TPSA) is 81.7 Å². The molecule has 0 radical (unpaired) electrons. The summed E-state index contributed by atoms with van der Waals surface area (Å²) in [6.07, 6.45) is -0.548. The zero-order chi connectivity index (χ0) is 17.5. The number of fused-ring (bicyclic) bond motifs is 1. The van der Waals surface area contributed by atoms with Gasteiger partial charge in [0.05, 0.1) is 5.69 Å². The number of nitrogens with one attached hydrogen (secondary N) is 1. The van der Waals surface area contributed by atoms with Crippen molar-refractivity contribution in [3.05, 3.63) is 53.6 Å². The van der Waals surface area contributed by atoms with Crippen LogP contribution in [0.3, 0.4) is 0 Å². The van der Waals surface area contributed by atoms with E-state index in [1.54, 1.807) is 38.1 Å². The minimum atomic E-state index is -3.93. The summed E-state index contributed by atoms with van der Waals surface area (Å²) < 4.78 is 35.2. The summed E-state index contributed by atoms with van der Waals surface area (Å²) in [5, 5.41) is 2.58. The number of carbonyl (C=O) groups excluding carboxylic acids is 1. The number of hydrogen-bond acceptors (Lipinski definition) is 5. The SMILES string of the molecule is Cc1ccc(S(=O)(=O)Oc2ccc3c(c2)C(C)(C)OC(=O)N3)cc1. The maximum atomic E-state index is 12.4. The van der Waals surface area contributed by atoms with Crippen molar-refractivity contribution in [2.24, 2.45) is 0 Å². The molecule has 1 aliphatic rings. The molecule has 6 nitrogen and oxygen atoms in total. The number of hydrogen-bond donors (Lipinski definition) is 1. The molecule has 24 heavy (non-hydrogen) atoms. The van der Waals surface area contributed by atoms with E-state index in [9.17, 15) is 13.2 Å². The van der Waals surface area contributed by atoms with Crippen molar-refractivity contribution < 1.29 is 22.1 Å². The van der Waals surface area contributed by atoms with Crippen molar-refractivity contribution in [2.75, 3.05) is 5.32 Å². The molecule has 1 aliphatic heterocycles. The fourth-order valence-corrected chi connectivity index (χ4v) is 3.41. The first kappa shape index (κ1) is 16.3. The van der Waals surface area contributed by atoms with Gasteiger partial charge >= 0.3 is 16.2 Å². The molecular weight excluding hydrogens is 330 g/mol. The van der Waals surface area contributed by atoms with Gasteiger partial charge in [0.15, 0.2) is 0 Å². The second kappa shape index (κ2) is 5.52.